The van der Waals surface area contributed by atoms with Gasteiger partial charge in [-0.15, -0.1) is 0 Å². The van der Waals surface area contributed by atoms with Gasteiger partial charge in [-0.05, 0) is 23.8 Å². The number of hydrogen-bond acceptors (Lipinski definition) is 4. The standard InChI is InChI=1S/C11H8O5/c12-5-8-4-10-9(15-6-16-10)3-7(8)1-2-11(13)14/h1-5H,6H2,(H,13,14). The molecule has 0 aliphatic carbocycles. The topological polar surface area (TPSA) is 72.8 Å². The zero-order valence-corrected chi connectivity index (χ0v) is 8.17. The van der Waals surface area contributed by atoms with Gasteiger partial charge in [0, 0.05) is 11.6 Å². The van der Waals surface area contributed by atoms with Gasteiger partial charge in [0.25, 0.3) is 0 Å². The highest BCUT2D eigenvalue weighted by molar-refractivity contribution is 5.90. The van der Waals surface area contributed by atoms with Gasteiger partial charge in [-0.3, -0.25) is 4.79 Å². The number of ether oxygens (including phenoxy) is 2. The van der Waals surface area contributed by atoms with Crippen LogP contribution in [0, 0.1) is 0 Å². The summed E-state index contributed by atoms with van der Waals surface area (Å²) >= 11 is 0. The Morgan fingerprint density at radius 2 is 1.88 bits per heavy atom. The third-order valence-corrected chi connectivity index (χ3v) is 2.11. The normalized spacial score (nSPS) is 13.0. The summed E-state index contributed by atoms with van der Waals surface area (Å²) in [5.74, 6) is -0.0697. The highest BCUT2D eigenvalue weighted by Gasteiger charge is 2.15. The quantitative estimate of drug-likeness (QED) is 0.614. The minimum absolute atomic E-state index is 0.111. The zero-order valence-electron chi connectivity index (χ0n) is 8.17. The smallest absolute Gasteiger partial charge is 0.328 e. The van der Waals surface area contributed by atoms with Crippen LogP contribution in [0.15, 0.2) is 18.2 Å². The highest BCUT2D eigenvalue weighted by Crippen LogP contribution is 2.34. The van der Waals surface area contributed by atoms with Gasteiger partial charge in [0.15, 0.2) is 17.8 Å². The molecule has 82 valence electrons. The van der Waals surface area contributed by atoms with E-state index in [9.17, 15) is 9.59 Å². The number of fused-ring (bicyclic) bond motifs is 1. The van der Waals surface area contributed by atoms with Gasteiger partial charge in [-0.25, -0.2) is 4.79 Å². The van der Waals surface area contributed by atoms with Crippen molar-refractivity contribution in [1.82, 2.24) is 0 Å². The Bertz CT molecular complexity index is 476. The lowest BCUT2D eigenvalue weighted by atomic mass is 10.1. The molecular weight excluding hydrogens is 212 g/mol. The summed E-state index contributed by atoms with van der Waals surface area (Å²) in [6, 6.07) is 3.10. The lowest BCUT2D eigenvalue weighted by Crippen LogP contribution is -1.92. The summed E-state index contributed by atoms with van der Waals surface area (Å²) in [6.45, 7) is 0.111. The van der Waals surface area contributed by atoms with Crippen LogP contribution in [0.1, 0.15) is 15.9 Å². The summed E-state index contributed by atoms with van der Waals surface area (Å²) in [4.78, 5) is 21.2. The first-order valence-electron chi connectivity index (χ1n) is 4.50. The van der Waals surface area contributed by atoms with Crippen molar-refractivity contribution in [3.8, 4) is 11.5 Å². The molecule has 1 aromatic carbocycles. The van der Waals surface area contributed by atoms with Crippen molar-refractivity contribution >= 4 is 18.3 Å². The molecule has 0 fully saturated rings. The van der Waals surface area contributed by atoms with Gasteiger partial charge in [0.1, 0.15) is 0 Å². The van der Waals surface area contributed by atoms with Crippen LogP contribution >= 0.6 is 0 Å². The minimum Gasteiger partial charge on any atom is -0.478 e. The molecular formula is C11H8O5. The van der Waals surface area contributed by atoms with Crippen LogP contribution < -0.4 is 9.47 Å². The van der Waals surface area contributed by atoms with Crippen LogP contribution in [0.25, 0.3) is 6.08 Å². The van der Waals surface area contributed by atoms with Gasteiger partial charge in [0.05, 0.1) is 0 Å². The number of carboxylic acid groups (broad SMARTS) is 1. The predicted octanol–water partition coefficient (Wildman–Crippen LogP) is 1.33. The first-order valence-corrected chi connectivity index (χ1v) is 4.50. The number of aliphatic carboxylic acids is 1. The molecule has 0 atom stereocenters. The second-order valence-electron chi connectivity index (χ2n) is 3.12. The third-order valence-electron chi connectivity index (χ3n) is 2.11. The summed E-state index contributed by atoms with van der Waals surface area (Å²) < 4.78 is 10.2. The Morgan fingerprint density at radius 1 is 1.25 bits per heavy atom. The van der Waals surface area contributed by atoms with Gasteiger partial charge in [-0.1, -0.05) is 0 Å². The van der Waals surface area contributed by atoms with E-state index in [1.165, 1.54) is 12.1 Å². The van der Waals surface area contributed by atoms with E-state index in [0.29, 0.717) is 28.9 Å². The zero-order chi connectivity index (χ0) is 11.5. The van der Waals surface area contributed by atoms with Crippen molar-refractivity contribution in [2.75, 3.05) is 6.79 Å². The Labute approximate surface area is 90.9 Å². The molecule has 5 heteroatoms. The average Bonchev–Trinajstić information content (AvgIpc) is 2.71. The molecule has 1 N–H and O–H groups in total. The first-order chi connectivity index (χ1) is 7.70. The molecule has 0 saturated carbocycles. The van der Waals surface area contributed by atoms with Crippen LogP contribution in [-0.4, -0.2) is 24.2 Å². The molecule has 0 amide bonds. The van der Waals surface area contributed by atoms with Crippen LogP contribution in [0.4, 0.5) is 0 Å². The molecule has 1 aromatic rings. The molecule has 0 radical (unpaired) electrons. The van der Waals surface area contributed by atoms with Crippen LogP contribution in [0.3, 0.4) is 0 Å². The molecule has 0 unspecified atom stereocenters. The number of rotatable bonds is 3. The number of carbonyl (C=O) groups excluding carboxylic acids is 1. The molecule has 16 heavy (non-hydrogen) atoms. The van der Waals surface area contributed by atoms with Gasteiger partial charge in [-0.2, -0.15) is 0 Å². The molecule has 0 aromatic heterocycles. The fourth-order valence-electron chi connectivity index (χ4n) is 1.38. The van der Waals surface area contributed by atoms with Crippen LogP contribution in [0.2, 0.25) is 0 Å². The Kier molecular flexibility index (Phi) is 2.59. The number of hydrogen-bond donors (Lipinski definition) is 1. The maximum atomic E-state index is 10.8. The largest absolute Gasteiger partial charge is 0.478 e. The van der Waals surface area contributed by atoms with E-state index in [0.717, 1.165) is 6.08 Å². The fourth-order valence-corrected chi connectivity index (χ4v) is 1.38. The van der Waals surface area contributed by atoms with E-state index in [1.807, 2.05) is 0 Å². The summed E-state index contributed by atoms with van der Waals surface area (Å²) in [7, 11) is 0. The molecule has 1 aliphatic heterocycles. The van der Waals surface area contributed by atoms with E-state index in [-0.39, 0.29) is 6.79 Å². The van der Waals surface area contributed by atoms with Crippen LogP contribution in [0.5, 0.6) is 11.5 Å². The summed E-state index contributed by atoms with van der Waals surface area (Å²) in [5, 5.41) is 8.50. The molecule has 2 rings (SSSR count). The van der Waals surface area contributed by atoms with Crippen molar-refractivity contribution in [2.45, 2.75) is 0 Å². The lowest BCUT2D eigenvalue weighted by molar-refractivity contribution is -0.131. The SMILES string of the molecule is O=Cc1cc2c(cc1C=CC(=O)O)OCO2. The first kappa shape index (κ1) is 10.2. The van der Waals surface area contributed by atoms with Crippen molar-refractivity contribution < 1.29 is 24.2 Å². The van der Waals surface area contributed by atoms with E-state index >= 15 is 0 Å². The van der Waals surface area contributed by atoms with E-state index in [1.54, 1.807) is 6.07 Å². The fraction of sp³-hybridized carbons (Fsp3) is 0.0909. The van der Waals surface area contributed by atoms with Crippen molar-refractivity contribution in [3.63, 3.8) is 0 Å². The van der Waals surface area contributed by atoms with Gasteiger partial charge >= 0.3 is 5.97 Å². The average molecular weight is 220 g/mol. The third kappa shape index (κ3) is 1.88. The van der Waals surface area contributed by atoms with E-state index in [2.05, 4.69) is 0 Å². The van der Waals surface area contributed by atoms with Crippen LogP contribution in [-0.2, 0) is 4.79 Å². The summed E-state index contributed by atoms with van der Waals surface area (Å²) in [5.41, 5.74) is 0.850. The Hall–Kier alpha value is -2.30. The second kappa shape index (κ2) is 4.06. The van der Waals surface area contributed by atoms with Gasteiger partial charge < -0.3 is 14.6 Å². The number of carboxylic acids is 1. The molecule has 0 spiro atoms. The van der Waals surface area contributed by atoms with E-state index < -0.39 is 5.97 Å². The monoisotopic (exact) mass is 220 g/mol. The predicted molar refractivity (Wildman–Crippen MR) is 54.6 cm³/mol. The minimum atomic E-state index is -1.07. The molecule has 1 heterocycles. The molecule has 0 bridgehead atoms. The molecule has 5 nitrogen and oxygen atoms in total. The van der Waals surface area contributed by atoms with E-state index in [4.69, 9.17) is 14.6 Å². The van der Waals surface area contributed by atoms with Crippen molar-refractivity contribution in [2.24, 2.45) is 0 Å². The van der Waals surface area contributed by atoms with Crippen molar-refractivity contribution in [3.05, 3.63) is 29.3 Å². The molecule has 1 aliphatic rings. The summed E-state index contributed by atoms with van der Waals surface area (Å²) in [6.07, 6.45) is 2.95. The highest BCUT2D eigenvalue weighted by atomic mass is 16.7. The Morgan fingerprint density at radius 3 is 2.44 bits per heavy atom. The Balaban J connectivity index is 2.43. The number of aldehydes is 1. The maximum absolute atomic E-state index is 10.8. The van der Waals surface area contributed by atoms with Crippen molar-refractivity contribution in [1.29, 1.82) is 0 Å². The number of carbonyl (C=O) groups is 2. The molecule has 0 saturated heterocycles. The lowest BCUT2D eigenvalue weighted by Gasteiger charge is -2.01. The second-order valence-corrected chi connectivity index (χ2v) is 3.12. The number of benzene rings is 1. The maximum Gasteiger partial charge on any atom is 0.328 e. The van der Waals surface area contributed by atoms with Gasteiger partial charge in [0.2, 0.25) is 6.79 Å².